The van der Waals surface area contributed by atoms with Gasteiger partial charge in [-0.1, -0.05) is 12.1 Å². The first-order chi connectivity index (χ1) is 7.31. The quantitative estimate of drug-likeness (QED) is 0.812. The van der Waals surface area contributed by atoms with Gasteiger partial charge in [-0.15, -0.1) is 0 Å². The van der Waals surface area contributed by atoms with Crippen molar-refractivity contribution < 1.29 is 9.50 Å². The van der Waals surface area contributed by atoms with E-state index in [1.807, 2.05) is 0 Å². The molecule has 0 unspecified atom stereocenters. The number of nitrogens with zero attached hydrogens (tertiary/aromatic N) is 1. The molecule has 2 rings (SSSR count). The molecular weight excluding hydrogens is 193 g/mol. The summed E-state index contributed by atoms with van der Waals surface area (Å²) >= 11 is 0. The summed E-state index contributed by atoms with van der Waals surface area (Å²) in [6.07, 6.45) is 3.23. The summed E-state index contributed by atoms with van der Waals surface area (Å²) in [5.41, 5.74) is 2.24. The minimum absolute atomic E-state index is 0.0750. The first-order valence-electron chi connectivity index (χ1n) is 4.61. The van der Waals surface area contributed by atoms with Gasteiger partial charge in [-0.05, 0) is 29.3 Å². The first kappa shape index (κ1) is 9.80. The zero-order valence-corrected chi connectivity index (χ0v) is 8.02. The topological polar surface area (TPSA) is 33.1 Å². The van der Waals surface area contributed by atoms with Gasteiger partial charge in [0.25, 0.3) is 0 Å². The van der Waals surface area contributed by atoms with E-state index in [1.165, 1.54) is 12.1 Å². The molecule has 1 N–H and O–H groups in total. The van der Waals surface area contributed by atoms with Crippen LogP contribution in [0.1, 0.15) is 5.56 Å². The summed E-state index contributed by atoms with van der Waals surface area (Å²) < 4.78 is 13.0. The van der Waals surface area contributed by atoms with E-state index in [0.29, 0.717) is 0 Å². The molecule has 1 aromatic heterocycles. The highest BCUT2D eigenvalue weighted by Crippen LogP contribution is 2.23. The Morgan fingerprint density at radius 2 is 2.13 bits per heavy atom. The Balaban J connectivity index is 2.53. The molecule has 0 amide bonds. The highest BCUT2D eigenvalue weighted by atomic mass is 19.1. The number of aliphatic hydroxyl groups is 1. The fraction of sp³-hybridized carbons (Fsp3) is 0.0833. The van der Waals surface area contributed by atoms with Crippen LogP contribution < -0.4 is 0 Å². The summed E-state index contributed by atoms with van der Waals surface area (Å²) in [6.45, 7) is -0.0750. The molecule has 1 heterocycles. The summed E-state index contributed by atoms with van der Waals surface area (Å²) in [5, 5.41) is 9.13. The van der Waals surface area contributed by atoms with Crippen molar-refractivity contribution in [3.63, 3.8) is 0 Å². The molecule has 0 spiro atoms. The molecule has 0 aliphatic rings. The van der Waals surface area contributed by atoms with Crippen molar-refractivity contribution in [2.24, 2.45) is 0 Å². The molecule has 2 nitrogen and oxygen atoms in total. The van der Waals surface area contributed by atoms with Crippen LogP contribution in [0.25, 0.3) is 11.1 Å². The number of aromatic nitrogens is 1. The Morgan fingerprint density at radius 1 is 1.27 bits per heavy atom. The second kappa shape index (κ2) is 4.19. The molecule has 0 fully saturated rings. The number of hydrogen-bond acceptors (Lipinski definition) is 2. The van der Waals surface area contributed by atoms with Gasteiger partial charge in [-0.25, -0.2) is 4.39 Å². The van der Waals surface area contributed by atoms with Crippen molar-refractivity contribution in [3.8, 4) is 11.1 Å². The van der Waals surface area contributed by atoms with Crippen molar-refractivity contribution in [2.75, 3.05) is 0 Å². The van der Waals surface area contributed by atoms with Gasteiger partial charge < -0.3 is 5.11 Å². The van der Waals surface area contributed by atoms with E-state index >= 15 is 0 Å². The molecule has 76 valence electrons. The van der Waals surface area contributed by atoms with Gasteiger partial charge in [0.15, 0.2) is 0 Å². The van der Waals surface area contributed by atoms with E-state index in [0.717, 1.165) is 16.7 Å². The summed E-state index contributed by atoms with van der Waals surface area (Å²) in [5.74, 6) is -0.291. The van der Waals surface area contributed by atoms with Crippen LogP contribution in [0.2, 0.25) is 0 Å². The normalized spacial score (nSPS) is 10.3. The number of hydrogen-bond donors (Lipinski definition) is 1. The van der Waals surface area contributed by atoms with Crippen molar-refractivity contribution in [3.05, 3.63) is 54.1 Å². The van der Waals surface area contributed by atoms with E-state index in [2.05, 4.69) is 4.98 Å². The Kier molecular flexibility index (Phi) is 2.74. The maximum Gasteiger partial charge on any atom is 0.123 e. The lowest BCUT2D eigenvalue weighted by Crippen LogP contribution is -1.90. The molecule has 1 aromatic carbocycles. The van der Waals surface area contributed by atoms with Gasteiger partial charge in [0.05, 0.1) is 6.61 Å². The molecule has 0 bridgehead atoms. The molecule has 3 heteroatoms. The van der Waals surface area contributed by atoms with Crippen LogP contribution in [0.4, 0.5) is 4.39 Å². The van der Waals surface area contributed by atoms with Crippen LogP contribution >= 0.6 is 0 Å². The fourth-order valence-corrected chi connectivity index (χ4v) is 1.48. The fourth-order valence-electron chi connectivity index (χ4n) is 1.48. The van der Waals surface area contributed by atoms with Crippen LogP contribution in [0.5, 0.6) is 0 Å². The van der Waals surface area contributed by atoms with Gasteiger partial charge in [0.2, 0.25) is 0 Å². The van der Waals surface area contributed by atoms with Crippen LogP contribution in [0, 0.1) is 5.82 Å². The number of halogens is 1. The van der Waals surface area contributed by atoms with Gasteiger partial charge in [0.1, 0.15) is 5.82 Å². The van der Waals surface area contributed by atoms with Crippen LogP contribution in [-0.4, -0.2) is 10.1 Å². The minimum Gasteiger partial charge on any atom is -0.392 e. The third-order valence-corrected chi connectivity index (χ3v) is 2.22. The smallest absolute Gasteiger partial charge is 0.123 e. The largest absolute Gasteiger partial charge is 0.392 e. The minimum atomic E-state index is -0.291. The lowest BCUT2D eigenvalue weighted by atomic mass is 10.0. The number of benzene rings is 1. The lowest BCUT2D eigenvalue weighted by Gasteiger charge is -2.06. The van der Waals surface area contributed by atoms with Crippen molar-refractivity contribution >= 4 is 0 Å². The highest BCUT2D eigenvalue weighted by molar-refractivity contribution is 5.66. The molecule has 2 aromatic rings. The van der Waals surface area contributed by atoms with Gasteiger partial charge >= 0.3 is 0 Å². The highest BCUT2D eigenvalue weighted by Gasteiger charge is 2.04. The molecule has 0 aliphatic carbocycles. The standard InChI is InChI=1S/C12H10FNO/c13-11-3-1-2-9(6-11)12-7-14-5-4-10(12)8-15/h1-7,15H,8H2. The lowest BCUT2D eigenvalue weighted by molar-refractivity contribution is 0.282. The summed E-state index contributed by atoms with van der Waals surface area (Å²) in [6, 6.07) is 7.97. The van der Waals surface area contributed by atoms with E-state index in [1.54, 1.807) is 30.6 Å². The van der Waals surface area contributed by atoms with Crippen LogP contribution in [0.15, 0.2) is 42.7 Å². The number of aliphatic hydroxyl groups excluding tert-OH is 1. The monoisotopic (exact) mass is 203 g/mol. The second-order valence-electron chi connectivity index (χ2n) is 3.20. The van der Waals surface area contributed by atoms with Gasteiger partial charge in [-0.3, -0.25) is 4.98 Å². The predicted molar refractivity (Wildman–Crippen MR) is 55.6 cm³/mol. The molecule has 0 atom stereocenters. The van der Waals surface area contributed by atoms with E-state index in [4.69, 9.17) is 5.11 Å². The molecule has 0 radical (unpaired) electrons. The Morgan fingerprint density at radius 3 is 2.87 bits per heavy atom. The molecule has 0 saturated heterocycles. The average molecular weight is 203 g/mol. The van der Waals surface area contributed by atoms with Crippen molar-refractivity contribution in [2.45, 2.75) is 6.61 Å². The number of pyridine rings is 1. The Hall–Kier alpha value is -1.74. The van der Waals surface area contributed by atoms with Gasteiger partial charge in [-0.2, -0.15) is 0 Å². The summed E-state index contributed by atoms with van der Waals surface area (Å²) in [7, 11) is 0. The summed E-state index contributed by atoms with van der Waals surface area (Å²) in [4.78, 5) is 3.97. The second-order valence-corrected chi connectivity index (χ2v) is 3.20. The van der Waals surface area contributed by atoms with Crippen molar-refractivity contribution in [1.82, 2.24) is 4.98 Å². The average Bonchev–Trinajstić information content (AvgIpc) is 2.29. The molecule has 0 saturated carbocycles. The Bertz CT molecular complexity index is 471. The van der Waals surface area contributed by atoms with Crippen molar-refractivity contribution in [1.29, 1.82) is 0 Å². The maximum absolute atomic E-state index is 13.0. The predicted octanol–water partition coefficient (Wildman–Crippen LogP) is 2.38. The number of rotatable bonds is 2. The SMILES string of the molecule is OCc1ccncc1-c1cccc(F)c1. The van der Waals surface area contributed by atoms with E-state index in [9.17, 15) is 4.39 Å². The molecule has 15 heavy (non-hydrogen) atoms. The third-order valence-electron chi connectivity index (χ3n) is 2.22. The zero-order chi connectivity index (χ0) is 10.7. The van der Waals surface area contributed by atoms with Crippen LogP contribution in [0.3, 0.4) is 0 Å². The first-order valence-corrected chi connectivity index (χ1v) is 4.61. The van der Waals surface area contributed by atoms with E-state index < -0.39 is 0 Å². The Labute approximate surface area is 87.0 Å². The van der Waals surface area contributed by atoms with Gasteiger partial charge in [0, 0.05) is 18.0 Å². The van der Waals surface area contributed by atoms with Crippen LogP contribution in [-0.2, 0) is 6.61 Å². The molecule has 0 aliphatic heterocycles. The third kappa shape index (κ3) is 2.02. The maximum atomic E-state index is 13.0. The zero-order valence-electron chi connectivity index (χ0n) is 8.02. The van der Waals surface area contributed by atoms with E-state index in [-0.39, 0.29) is 12.4 Å². The molecular formula is C12H10FNO.